The van der Waals surface area contributed by atoms with Crippen LogP contribution in [0.4, 0.5) is 0 Å². The first-order valence-corrected chi connectivity index (χ1v) is 8.81. The van der Waals surface area contributed by atoms with E-state index in [1.807, 2.05) is 66.7 Å². The molecule has 0 aliphatic heterocycles. The number of nitrogens with zero attached hydrogens (tertiary/aromatic N) is 5. The Kier molecular flexibility index (Phi) is 5.19. The molecule has 0 fully saturated rings. The lowest BCUT2D eigenvalue weighted by atomic mass is 10.2. The number of hydrogen-bond donors (Lipinski definition) is 0. The quantitative estimate of drug-likeness (QED) is 0.449. The van der Waals surface area contributed by atoms with Crippen LogP contribution in [-0.2, 0) is 13.0 Å². The van der Waals surface area contributed by atoms with Gasteiger partial charge in [-0.1, -0.05) is 47.3 Å². The largest absolute Gasteiger partial charge is 0.494 e. The van der Waals surface area contributed by atoms with Gasteiger partial charge in [-0.2, -0.15) is 0 Å². The van der Waals surface area contributed by atoms with Gasteiger partial charge in [0.1, 0.15) is 5.75 Å². The summed E-state index contributed by atoms with van der Waals surface area (Å²) in [6.45, 7) is 0.881. The van der Waals surface area contributed by atoms with Gasteiger partial charge in [0.2, 0.25) is 0 Å². The number of fused-ring (bicyclic) bond motifs is 1. The average molecular weight is 361 g/mol. The zero-order chi connectivity index (χ0) is 18.3. The Morgan fingerprint density at radius 3 is 2.67 bits per heavy atom. The molecule has 0 saturated carbocycles. The smallest absolute Gasteiger partial charge is 0.192 e. The van der Waals surface area contributed by atoms with Crippen LogP contribution in [0, 0.1) is 0 Å². The summed E-state index contributed by atoms with van der Waals surface area (Å²) in [4.78, 5) is 11.7. The van der Waals surface area contributed by atoms with Crippen LogP contribution >= 0.6 is 0 Å². The van der Waals surface area contributed by atoms with E-state index in [1.165, 1.54) is 4.85 Å². The van der Waals surface area contributed by atoms with Gasteiger partial charge in [-0.25, -0.2) is 4.98 Å². The van der Waals surface area contributed by atoms with Gasteiger partial charge in [0.15, 0.2) is 12.4 Å². The molecule has 0 amide bonds. The minimum atomic E-state index is 0.295. The minimum Gasteiger partial charge on any atom is -0.494 e. The van der Waals surface area contributed by atoms with E-state index in [9.17, 15) is 0 Å². The average Bonchev–Trinajstić information content (AvgIpc) is 3.17. The first-order chi connectivity index (χ1) is 13.4. The number of rotatable bonds is 8. The lowest BCUT2D eigenvalue weighted by Crippen LogP contribution is -2.17. The molecule has 7 heteroatoms. The molecular weight excluding hydrogens is 342 g/mol. The molecule has 2 aromatic carbocycles. The third kappa shape index (κ3) is 4.38. The van der Waals surface area contributed by atoms with Crippen LogP contribution in [0.1, 0.15) is 17.9 Å². The molecule has 0 N–H and O–H groups in total. The van der Waals surface area contributed by atoms with Crippen molar-refractivity contribution in [3.8, 4) is 5.75 Å². The van der Waals surface area contributed by atoms with Crippen LogP contribution < -0.4 is 9.57 Å². The molecule has 0 aliphatic rings. The highest BCUT2D eigenvalue weighted by molar-refractivity contribution is 5.78. The fourth-order valence-corrected chi connectivity index (χ4v) is 2.70. The van der Waals surface area contributed by atoms with Crippen molar-refractivity contribution in [3.05, 3.63) is 78.2 Å². The first-order valence-electron chi connectivity index (χ1n) is 8.81. The molecule has 2 heterocycles. The Labute approximate surface area is 156 Å². The summed E-state index contributed by atoms with van der Waals surface area (Å²) >= 11 is 0. The molecule has 4 rings (SSSR count). The minimum absolute atomic E-state index is 0.295. The number of pyridine rings is 1. The Balaban J connectivity index is 1.30. The van der Waals surface area contributed by atoms with E-state index < -0.39 is 0 Å². The summed E-state index contributed by atoms with van der Waals surface area (Å²) < 4.78 is 5.69. The molecule has 136 valence electrons. The van der Waals surface area contributed by atoms with Crippen molar-refractivity contribution in [1.29, 1.82) is 0 Å². The lowest BCUT2D eigenvalue weighted by Gasteiger charge is -2.08. The molecule has 0 unspecified atom stereocenters. The maximum atomic E-state index is 5.70. The number of benzene rings is 2. The van der Waals surface area contributed by atoms with E-state index in [0.29, 0.717) is 25.5 Å². The lowest BCUT2D eigenvalue weighted by molar-refractivity contribution is 0.0575. The zero-order valence-corrected chi connectivity index (χ0v) is 14.7. The number of tetrazole rings is 1. The highest BCUT2D eigenvalue weighted by Crippen LogP contribution is 2.12. The highest BCUT2D eigenvalue weighted by Gasteiger charge is 2.08. The van der Waals surface area contributed by atoms with Crippen molar-refractivity contribution in [2.24, 2.45) is 0 Å². The van der Waals surface area contributed by atoms with Gasteiger partial charge in [0.05, 0.1) is 17.8 Å². The summed E-state index contributed by atoms with van der Waals surface area (Å²) in [5, 5.41) is 12.7. The van der Waals surface area contributed by atoms with Gasteiger partial charge in [0.25, 0.3) is 0 Å². The Morgan fingerprint density at radius 1 is 0.889 bits per heavy atom. The molecule has 0 bridgehead atoms. The topological polar surface area (TPSA) is 75.0 Å². The molecule has 0 radical (unpaired) electrons. The van der Waals surface area contributed by atoms with Crippen molar-refractivity contribution >= 4 is 10.9 Å². The fourth-order valence-electron chi connectivity index (χ4n) is 2.70. The third-order valence-corrected chi connectivity index (χ3v) is 4.05. The molecule has 0 aliphatic carbocycles. The van der Waals surface area contributed by atoms with Crippen LogP contribution in [-0.4, -0.2) is 32.0 Å². The summed E-state index contributed by atoms with van der Waals surface area (Å²) in [6, 6.07) is 21.7. The predicted octanol–water partition coefficient (Wildman–Crippen LogP) is 2.86. The number of para-hydroxylation sites is 2. The summed E-state index contributed by atoms with van der Waals surface area (Å²) in [5.74, 6) is 1.52. The molecule has 27 heavy (non-hydrogen) atoms. The van der Waals surface area contributed by atoms with Gasteiger partial charge in [-0.05, 0) is 41.1 Å². The molecule has 0 saturated heterocycles. The monoisotopic (exact) mass is 361 g/mol. The van der Waals surface area contributed by atoms with Crippen LogP contribution in [0.3, 0.4) is 0 Å². The number of aryl methyl sites for hydroxylation is 1. The summed E-state index contributed by atoms with van der Waals surface area (Å²) in [5.41, 5.74) is 1.76. The standard InChI is InChI=1S/C20H19N5O2/c1-2-8-18(9-3-1)26-14-6-11-20-22-23-24-25(20)27-15-17-13-12-16-7-4-5-10-19(16)21-17/h1-5,7-10,12-13H,6,11,14-15H2. The Hall–Kier alpha value is -3.48. The second kappa shape index (κ2) is 8.27. The summed E-state index contributed by atoms with van der Waals surface area (Å²) in [6.07, 6.45) is 1.44. The molecule has 0 spiro atoms. The maximum Gasteiger partial charge on any atom is 0.192 e. The molecule has 2 aromatic heterocycles. The van der Waals surface area contributed by atoms with Crippen LogP contribution in [0.5, 0.6) is 5.75 Å². The molecule has 4 aromatic rings. The van der Waals surface area contributed by atoms with E-state index in [0.717, 1.165) is 28.8 Å². The van der Waals surface area contributed by atoms with Crippen molar-refractivity contribution in [2.45, 2.75) is 19.4 Å². The molecule has 7 nitrogen and oxygen atoms in total. The van der Waals surface area contributed by atoms with E-state index in [4.69, 9.17) is 9.57 Å². The van der Waals surface area contributed by atoms with Gasteiger partial charge in [-0.3, -0.25) is 0 Å². The van der Waals surface area contributed by atoms with Gasteiger partial charge in [-0.15, -0.1) is 5.10 Å². The predicted molar refractivity (Wildman–Crippen MR) is 100 cm³/mol. The second-order valence-corrected chi connectivity index (χ2v) is 6.00. The zero-order valence-electron chi connectivity index (χ0n) is 14.7. The number of aromatic nitrogens is 5. The maximum absolute atomic E-state index is 5.70. The van der Waals surface area contributed by atoms with Crippen LogP contribution in [0.15, 0.2) is 66.7 Å². The SMILES string of the molecule is c1ccc(OCCCc2nnnn2OCc2ccc3ccccc3n2)cc1. The Morgan fingerprint density at radius 2 is 1.74 bits per heavy atom. The number of hydrogen-bond acceptors (Lipinski definition) is 6. The van der Waals surface area contributed by atoms with E-state index in [-0.39, 0.29) is 0 Å². The highest BCUT2D eigenvalue weighted by atomic mass is 16.7. The third-order valence-electron chi connectivity index (χ3n) is 4.05. The van der Waals surface area contributed by atoms with E-state index >= 15 is 0 Å². The van der Waals surface area contributed by atoms with Crippen molar-refractivity contribution in [1.82, 2.24) is 25.4 Å². The van der Waals surface area contributed by atoms with Crippen molar-refractivity contribution in [2.75, 3.05) is 6.61 Å². The van der Waals surface area contributed by atoms with Crippen molar-refractivity contribution in [3.63, 3.8) is 0 Å². The van der Waals surface area contributed by atoms with Gasteiger partial charge in [0, 0.05) is 11.8 Å². The fraction of sp³-hybridized carbons (Fsp3) is 0.200. The molecule has 0 atom stereocenters. The first kappa shape index (κ1) is 17.0. The normalized spacial score (nSPS) is 10.8. The van der Waals surface area contributed by atoms with E-state index in [2.05, 4.69) is 20.5 Å². The van der Waals surface area contributed by atoms with Crippen molar-refractivity contribution < 1.29 is 9.57 Å². The van der Waals surface area contributed by atoms with Gasteiger partial charge >= 0.3 is 0 Å². The van der Waals surface area contributed by atoms with Crippen LogP contribution in [0.25, 0.3) is 10.9 Å². The number of ether oxygens (including phenoxy) is 1. The van der Waals surface area contributed by atoms with Crippen LogP contribution in [0.2, 0.25) is 0 Å². The van der Waals surface area contributed by atoms with Gasteiger partial charge < -0.3 is 9.57 Å². The summed E-state index contributed by atoms with van der Waals surface area (Å²) in [7, 11) is 0. The second-order valence-electron chi connectivity index (χ2n) is 6.00. The Bertz CT molecular complexity index is 1000. The molecular formula is C20H19N5O2. The van der Waals surface area contributed by atoms with E-state index in [1.54, 1.807) is 0 Å².